The topological polar surface area (TPSA) is 71.8 Å². The summed E-state index contributed by atoms with van der Waals surface area (Å²) in [5.74, 6) is 0.132. The molecule has 1 unspecified atom stereocenters. The molecule has 140 valence electrons. The largest absolute Gasteiger partial charge is 0.459 e. The van der Waals surface area contributed by atoms with Gasteiger partial charge >= 0.3 is 0 Å². The minimum Gasteiger partial charge on any atom is -0.459 e. The van der Waals surface area contributed by atoms with Crippen molar-refractivity contribution in [3.63, 3.8) is 0 Å². The van der Waals surface area contributed by atoms with Crippen LogP contribution in [-0.4, -0.2) is 42.5 Å². The second-order valence-electron chi connectivity index (χ2n) is 6.33. The first kappa shape index (κ1) is 18.7. The molecule has 3 heterocycles. The van der Waals surface area contributed by atoms with Gasteiger partial charge in [0, 0.05) is 31.0 Å². The predicted octanol–water partition coefficient (Wildman–Crippen LogP) is 3.06. The SMILES string of the molecule is O=C(NCCCC(=O)N(Cc1cccs1)CC1CCCO1)c1ccco1. The minimum absolute atomic E-state index is 0.0983. The van der Waals surface area contributed by atoms with E-state index in [0.717, 1.165) is 19.4 Å². The first-order valence-electron chi connectivity index (χ1n) is 8.96. The number of nitrogens with one attached hydrogen (secondary N) is 1. The lowest BCUT2D eigenvalue weighted by atomic mass is 10.2. The van der Waals surface area contributed by atoms with Gasteiger partial charge < -0.3 is 19.4 Å². The summed E-state index contributed by atoms with van der Waals surface area (Å²) in [4.78, 5) is 27.5. The molecule has 2 aromatic heterocycles. The van der Waals surface area contributed by atoms with Crippen LogP contribution < -0.4 is 5.32 Å². The smallest absolute Gasteiger partial charge is 0.286 e. The molecule has 1 aliphatic heterocycles. The van der Waals surface area contributed by atoms with Crippen molar-refractivity contribution in [3.05, 3.63) is 46.5 Å². The van der Waals surface area contributed by atoms with Gasteiger partial charge in [-0.25, -0.2) is 0 Å². The molecule has 3 rings (SSSR count). The van der Waals surface area contributed by atoms with Crippen molar-refractivity contribution in [1.82, 2.24) is 10.2 Å². The average molecular weight is 376 g/mol. The molecule has 26 heavy (non-hydrogen) atoms. The van der Waals surface area contributed by atoms with Crippen molar-refractivity contribution in [2.75, 3.05) is 19.7 Å². The molecule has 1 atom stereocenters. The standard InChI is InChI=1S/C19H24N2O4S/c22-18(8-1-9-20-19(23)17-7-3-11-25-17)21(13-15-5-2-10-24-15)14-16-6-4-12-26-16/h3-4,6-7,11-12,15H,1-2,5,8-10,13-14H2,(H,20,23). The molecule has 2 amide bonds. The van der Waals surface area contributed by atoms with E-state index in [0.29, 0.717) is 32.5 Å². The number of carbonyl (C=O) groups excluding carboxylic acids is 2. The zero-order valence-electron chi connectivity index (χ0n) is 14.7. The molecular weight excluding hydrogens is 352 g/mol. The molecule has 2 aromatic rings. The van der Waals surface area contributed by atoms with Crippen molar-refractivity contribution in [1.29, 1.82) is 0 Å². The Hall–Kier alpha value is -2.12. The maximum atomic E-state index is 12.7. The van der Waals surface area contributed by atoms with Gasteiger partial charge in [0.15, 0.2) is 5.76 Å². The van der Waals surface area contributed by atoms with E-state index < -0.39 is 0 Å². The molecule has 0 radical (unpaired) electrons. The highest BCUT2D eigenvalue weighted by molar-refractivity contribution is 7.09. The van der Waals surface area contributed by atoms with Crippen LogP contribution in [0.2, 0.25) is 0 Å². The maximum absolute atomic E-state index is 12.7. The van der Waals surface area contributed by atoms with E-state index in [1.165, 1.54) is 11.1 Å². The summed E-state index contributed by atoms with van der Waals surface area (Å²) < 4.78 is 10.7. The summed E-state index contributed by atoms with van der Waals surface area (Å²) in [6, 6.07) is 7.33. The number of carbonyl (C=O) groups is 2. The van der Waals surface area contributed by atoms with Gasteiger partial charge in [0.05, 0.1) is 18.9 Å². The Morgan fingerprint density at radius 1 is 1.31 bits per heavy atom. The zero-order valence-corrected chi connectivity index (χ0v) is 15.5. The highest BCUT2D eigenvalue weighted by Crippen LogP contribution is 2.18. The number of nitrogens with zero attached hydrogens (tertiary/aromatic N) is 1. The van der Waals surface area contributed by atoms with Crippen LogP contribution in [0, 0.1) is 0 Å². The second-order valence-corrected chi connectivity index (χ2v) is 7.36. The lowest BCUT2D eigenvalue weighted by Crippen LogP contribution is -2.37. The fourth-order valence-corrected chi connectivity index (χ4v) is 3.69. The fourth-order valence-electron chi connectivity index (χ4n) is 2.97. The average Bonchev–Trinajstić information content (AvgIpc) is 3.41. The Morgan fingerprint density at radius 2 is 2.23 bits per heavy atom. The predicted molar refractivity (Wildman–Crippen MR) is 99.0 cm³/mol. The molecular formula is C19H24N2O4S. The van der Waals surface area contributed by atoms with E-state index in [-0.39, 0.29) is 23.7 Å². The Morgan fingerprint density at radius 3 is 2.92 bits per heavy atom. The molecule has 7 heteroatoms. The Kier molecular flexibility index (Phi) is 6.85. The van der Waals surface area contributed by atoms with Crippen molar-refractivity contribution in [2.45, 2.75) is 38.3 Å². The summed E-state index contributed by atoms with van der Waals surface area (Å²) >= 11 is 1.66. The first-order valence-corrected chi connectivity index (χ1v) is 9.84. The third kappa shape index (κ3) is 5.44. The molecule has 1 fully saturated rings. The normalized spacial score (nSPS) is 16.5. The van der Waals surface area contributed by atoms with Gasteiger partial charge in [-0.2, -0.15) is 0 Å². The van der Waals surface area contributed by atoms with Gasteiger partial charge in [-0.1, -0.05) is 6.07 Å². The molecule has 1 saturated heterocycles. The van der Waals surface area contributed by atoms with Gasteiger partial charge in [0.1, 0.15) is 0 Å². The lowest BCUT2D eigenvalue weighted by Gasteiger charge is -2.25. The quantitative estimate of drug-likeness (QED) is 0.683. The molecule has 0 saturated carbocycles. The van der Waals surface area contributed by atoms with E-state index >= 15 is 0 Å². The maximum Gasteiger partial charge on any atom is 0.286 e. The molecule has 6 nitrogen and oxygen atoms in total. The van der Waals surface area contributed by atoms with Crippen molar-refractivity contribution in [3.8, 4) is 0 Å². The fraction of sp³-hybridized carbons (Fsp3) is 0.474. The van der Waals surface area contributed by atoms with Crippen LogP contribution in [0.15, 0.2) is 40.3 Å². The first-order chi connectivity index (χ1) is 12.7. The summed E-state index contributed by atoms with van der Waals surface area (Å²) in [5.41, 5.74) is 0. The monoisotopic (exact) mass is 376 g/mol. The Balaban J connectivity index is 1.45. The zero-order chi connectivity index (χ0) is 18.2. The van der Waals surface area contributed by atoms with Crippen LogP contribution in [0.4, 0.5) is 0 Å². The Labute approximate surface area is 157 Å². The molecule has 1 aliphatic rings. The Bertz CT molecular complexity index is 678. The molecule has 0 aromatic carbocycles. The van der Waals surface area contributed by atoms with Gasteiger partial charge in [0.25, 0.3) is 5.91 Å². The highest BCUT2D eigenvalue weighted by atomic mass is 32.1. The van der Waals surface area contributed by atoms with Crippen molar-refractivity contribution < 1.29 is 18.7 Å². The van der Waals surface area contributed by atoms with Gasteiger partial charge in [-0.05, 0) is 42.8 Å². The second kappa shape index (κ2) is 9.54. The molecule has 1 N–H and O–H groups in total. The number of hydrogen-bond acceptors (Lipinski definition) is 5. The summed E-state index contributed by atoms with van der Waals surface area (Å²) in [7, 11) is 0. The molecule has 0 spiro atoms. The van der Waals surface area contributed by atoms with Gasteiger partial charge in [-0.15, -0.1) is 11.3 Å². The number of amides is 2. The number of thiophene rings is 1. The number of ether oxygens (including phenoxy) is 1. The lowest BCUT2D eigenvalue weighted by molar-refractivity contribution is -0.133. The van der Waals surface area contributed by atoms with Crippen LogP contribution in [0.25, 0.3) is 0 Å². The van der Waals surface area contributed by atoms with E-state index in [1.807, 2.05) is 22.4 Å². The number of furan rings is 1. The summed E-state index contributed by atoms with van der Waals surface area (Å²) in [6.07, 6.45) is 4.66. The van der Waals surface area contributed by atoms with Crippen LogP contribution in [0.1, 0.15) is 41.1 Å². The van der Waals surface area contributed by atoms with E-state index in [2.05, 4.69) is 5.32 Å². The van der Waals surface area contributed by atoms with E-state index in [4.69, 9.17) is 9.15 Å². The number of rotatable bonds is 9. The van der Waals surface area contributed by atoms with Crippen LogP contribution in [-0.2, 0) is 16.1 Å². The van der Waals surface area contributed by atoms with E-state index in [9.17, 15) is 9.59 Å². The third-order valence-electron chi connectivity index (χ3n) is 4.33. The van der Waals surface area contributed by atoms with Crippen molar-refractivity contribution >= 4 is 23.2 Å². The van der Waals surface area contributed by atoms with E-state index in [1.54, 1.807) is 23.5 Å². The van der Waals surface area contributed by atoms with Gasteiger partial charge in [0.2, 0.25) is 5.91 Å². The third-order valence-corrected chi connectivity index (χ3v) is 5.19. The summed E-state index contributed by atoms with van der Waals surface area (Å²) in [6.45, 7) is 2.48. The van der Waals surface area contributed by atoms with Crippen LogP contribution in [0.3, 0.4) is 0 Å². The van der Waals surface area contributed by atoms with Crippen molar-refractivity contribution in [2.24, 2.45) is 0 Å². The molecule has 0 bridgehead atoms. The minimum atomic E-state index is -0.253. The molecule has 0 aliphatic carbocycles. The highest BCUT2D eigenvalue weighted by Gasteiger charge is 2.22. The van der Waals surface area contributed by atoms with Gasteiger partial charge in [-0.3, -0.25) is 9.59 Å². The van der Waals surface area contributed by atoms with Crippen LogP contribution >= 0.6 is 11.3 Å². The summed E-state index contributed by atoms with van der Waals surface area (Å²) in [5, 5.41) is 4.79. The number of hydrogen-bond donors (Lipinski definition) is 1. The van der Waals surface area contributed by atoms with Crippen LogP contribution in [0.5, 0.6) is 0 Å².